The van der Waals surface area contributed by atoms with Crippen LogP contribution in [0.5, 0.6) is 0 Å². The quantitative estimate of drug-likeness (QED) is 0.172. The molecule has 0 aliphatic rings. The van der Waals surface area contributed by atoms with Crippen molar-refractivity contribution in [2.45, 2.75) is 44.9 Å². The van der Waals surface area contributed by atoms with Gasteiger partial charge in [0.25, 0.3) is 5.91 Å². The van der Waals surface area contributed by atoms with Gasteiger partial charge in [-0.15, -0.1) is 0 Å². The van der Waals surface area contributed by atoms with Crippen LogP contribution in [0.1, 0.15) is 39.0 Å². The van der Waals surface area contributed by atoms with Crippen molar-refractivity contribution in [2.24, 2.45) is 0 Å². The third kappa shape index (κ3) is 8.81. The van der Waals surface area contributed by atoms with E-state index in [0.717, 1.165) is 35.1 Å². The van der Waals surface area contributed by atoms with Crippen LogP contribution in [0, 0.1) is 6.92 Å². The Morgan fingerprint density at radius 2 is 1.41 bits per heavy atom. The molecule has 0 radical (unpaired) electrons. The largest absolute Gasteiger partial charge is 0.480 e. The van der Waals surface area contributed by atoms with Gasteiger partial charge in [0.15, 0.2) is 0 Å². The predicted octanol–water partition coefficient (Wildman–Crippen LogP) is 6.97. The van der Waals surface area contributed by atoms with Gasteiger partial charge in [-0.05, 0) is 83.7 Å². The van der Waals surface area contributed by atoms with Crippen LogP contribution < -0.4 is 5.32 Å². The van der Waals surface area contributed by atoms with Crippen LogP contribution in [0.25, 0.3) is 11.1 Å². The second-order valence-electron chi connectivity index (χ2n) is 10.2. The lowest BCUT2D eigenvalue weighted by Gasteiger charge is -2.20. The maximum absolute atomic E-state index is 13.4. The average Bonchev–Trinajstić information content (AvgIpc) is 2.99. The van der Waals surface area contributed by atoms with Crippen molar-refractivity contribution in [1.82, 2.24) is 5.32 Å². The summed E-state index contributed by atoms with van der Waals surface area (Å²) >= 11 is 1.55. The first-order valence-electron chi connectivity index (χ1n) is 13.9. The topological polar surface area (TPSA) is 75.6 Å². The summed E-state index contributed by atoms with van der Waals surface area (Å²) in [5.41, 5.74) is 6.56. The highest BCUT2D eigenvalue weighted by Gasteiger charge is 2.23. The Morgan fingerprint density at radius 1 is 0.805 bits per heavy atom. The summed E-state index contributed by atoms with van der Waals surface area (Å²) < 4.78 is 6.52. The third-order valence-corrected chi connectivity index (χ3v) is 7.72. The van der Waals surface area contributed by atoms with E-state index in [4.69, 9.17) is 4.74 Å². The molecule has 0 saturated carbocycles. The highest BCUT2D eigenvalue weighted by molar-refractivity contribution is 7.98. The number of hydrogen-bond donors (Lipinski definition) is 2. The summed E-state index contributed by atoms with van der Waals surface area (Å²) in [5, 5.41) is 12.4. The number of carboxylic acid groups (broad SMARTS) is 1. The fourth-order valence-electron chi connectivity index (χ4n) is 4.86. The van der Waals surface area contributed by atoms with Crippen molar-refractivity contribution in [1.29, 1.82) is 0 Å². The summed E-state index contributed by atoms with van der Waals surface area (Å²) in [6.07, 6.45) is 3.82. The predicted molar refractivity (Wildman–Crippen MR) is 167 cm³/mol. The molecule has 41 heavy (non-hydrogen) atoms. The number of hydrogen-bond acceptors (Lipinski definition) is 4. The van der Waals surface area contributed by atoms with Crippen molar-refractivity contribution in [3.05, 3.63) is 131 Å². The Morgan fingerprint density at radius 3 is 2.00 bits per heavy atom. The molecule has 0 saturated heterocycles. The first kappa shape index (κ1) is 30.1. The van der Waals surface area contributed by atoms with E-state index in [9.17, 15) is 14.7 Å². The van der Waals surface area contributed by atoms with Crippen LogP contribution in [0.15, 0.2) is 103 Å². The Kier molecular flexibility index (Phi) is 11.2. The number of aryl methyl sites for hydroxylation is 1. The number of thioether (sulfide) groups is 1. The zero-order valence-corrected chi connectivity index (χ0v) is 24.4. The van der Waals surface area contributed by atoms with Crippen molar-refractivity contribution >= 4 is 23.6 Å². The molecule has 4 aromatic rings. The number of carbonyl (C=O) groups excluding carboxylic acids is 1. The molecule has 0 aliphatic heterocycles. The molecule has 2 N–H and O–H groups in total. The van der Waals surface area contributed by atoms with E-state index >= 15 is 0 Å². The fraction of sp³-hybridized carbons (Fsp3) is 0.257. The minimum Gasteiger partial charge on any atom is -0.480 e. The number of amides is 1. The molecule has 5 nitrogen and oxygen atoms in total. The lowest BCUT2D eigenvalue weighted by Crippen LogP contribution is -2.41. The van der Waals surface area contributed by atoms with Gasteiger partial charge in [0.2, 0.25) is 0 Å². The first-order chi connectivity index (χ1) is 19.9. The van der Waals surface area contributed by atoms with Gasteiger partial charge in [-0.2, -0.15) is 11.8 Å². The molecular formula is C35H37NO4S. The van der Waals surface area contributed by atoms with Crippen LogP contribution in [-0.2, 0) is 29.0 Å². The number of nitrogens with one attached hydrogen (secondary N) is 1. The van der Waals surface area contributed by atoms with Gasteiger partial charge < -0.3 is 15.2 Å². The zero-order valence-electron chi connectivity index (χ0n) is 23.6. The molecule has 0 unspecified atom stereocenters. The van der Waals surface area contributed by atoms with Crippen LogP contribution in [0.2, 0.25) is 0 Å². The molecular weight excluding hydrogens is 530 g/mol. The molecule has 1 amide bonds. The molecule has 1 atom stereocenters. The van der Waals surface area contributed by atoms with Gasteiger partial charge >= 0.3 is 5.97 Å². The molecule has 0 fully saturated rings. The monoisotopic (exact) mass is 567 g/mol. The van der Waals surface area contributed by atoms with E-state index < -0.39 is 17.9 Å². The number of benzene rings is 4. The molecule has 4 rings (SSSR count). The van der Waals surface area contributed by atoms with Crippen LogP contribution >= 0.6 is 11.8 Å². The Labute approximate surface area is 247 Å². The minimum atomic E-state index is -1.03. The molecule has 212 valence electrons. The van der Waals surface area contributed by atoms with Gasteiger partial charge in [-0.3, -0.25) is 4.79 Å². The van der Waals surface area contributed by atoms with Gasteiger partial charge in [0, 0.05) is 5.56 Å². The lowest BCUT2D eigenvalue weighted by molar-refractivity contribution is -0.139. The molecule has 6 heteroatoms. The molecule has 0 bridgehead atoms. The average molecular weight is 568 g/mol. The number of carbonyl (C=O) groups is 2. The van der Waals surface area contributed by atoms with E-state index in [1.165, 1.54) is 11.1 Å². The maximum Gasteiger partial charge on any atom is 0.326 e. The SMILES string of the molecule is CSCC[C@H](NC(=O)c1ccc(COC(Cc2ccccc2)Cc2ccccc2)cc1-c1ccccc1C)C(=O)O. The highest BCUT2D eigenvalue weighted by Crippen LogP contribution is 2.29. The third-order valence-electron chi connectivity index (χ3n) is 7.08. The summed E-state index contributed by atoms with van der Waals surface area (Å²) in [5.74, 6) is -0.779. The van der Waals surface area contributed by atoms with Crippen LogP contribution in [-0.4, -0.2) is 41.1 Å². The summed E-state index contributed by atoms with van der Waals surface area (Å²) in [4.78, 5) is 25.2. The number of rotatable bonds is 14. The first-order valence-corrected chi connectivity index (χ1v) is 15.2. The number of carboxylic acids is 1. The second-order valence-corrected chi connectivity index (χ2v) is 11.1. The zero-order chi connectivity index (χ0) is 29.0. The summed E-state index contributed by atoms with van der Waals surface area (Å²) in [6, 6.07) is 33.3. The van der Waals surface area contributed by atoms with Gasteiger partial charge in [-0.1, -0.05) is 91.0 Å². The number of aliphatic carboxylic acids is 1. The standard InChI is InChI=1S/C35H37NO4S/c1-25-11-9-10-16-30(25)32-23-28(17-18-31(32)34(37)36-33(35(38)39)19-20-41-2)24-40-29(21-26-12-5-3-6-13-26)22-27-14-7-4-8-15-27/h3-18,23,29,33H,19-22,24H2,1-2H3,(H,36,37)(H,38,39)/t33-/m0/s1. The van der Waals surface area contributed by atoms with Crippen molar-refractivity contribution in [2.75, 3.05) is 12.0 Å². The van der Waals surface area contributed by atoms with E-state index in [1.807, 2.05) is 86.0 Å². The fourth-order valence-corrected chi connectivity index (χ4v) is 5.34. The molecule has 0 aliphatic carbocycles. The minimum absolute atomic E-state index is 0.0301. The molecule has 0 spiro atoms. The van der Waals surface area contributed by atoms with E-state index in [0.29, 0.717) is 24.3 Å². The normalized spacial score (nSPS) is 11.8. The van der Waals surface area contributed by atoms with Crippen molar-refractivity contribution in [3.63, 3.8) is 0 Å². The molecule has 0 heterocycles. The van der Waals surface area contributed by atoms with Crippen LogP contribution in [0.3, 0.4) is 0 Å². The second kappa shape index (κ2) is 15.2. The van der Waals surface area contributed by atoms with Crippen molar-refractivity contribution < 1.29 is 19.4 Å². The van der Waals surface area contributed by atoms with E-state index in [1.54, 1.807) is 17.8 Å². The Balaban J connectivity index is 1.59. The smallest absolute Gasteiger partial charge is 0.326 e. The van der Waals surface area contributed by atoms with Gasteiger partial charge in [0.05, 0.1) is 12.7 Å². The van der Waals surface area contributed by atoms with Crippen molar-refractivity contribution in [3.8, 4) is 11.1 Å². The van der Waals surface area contributed by atoms with Gasteiger partial charge in [-0.25, -0.2) is 4.79 Å². The van der Waals surface area contributed by atoms with E-state index in [2.05, 4.69) is 29.6 Å². The molecule has 0 aromatic heterocycles. The van der Waals surface area contributed by atoms with E-state index in [-0.39, 0.29) is 6.10 Å². The summed E-state index contributed by atoms with van der Waals surface area (Å²) in [7, 11) is 0. The molecule has 4 aromatic carbocycles. The Hall–Kier alpha value is -3.87. The lowest BCUT2D eigenvalue weighted by atomic mass is 9.93. The highest BCUT2D eigenvalue weighted by atomic mass is 32.2. The maximum atomic E-state index is 13.4. The van der Waals surface area contributed by atoms with Crippen LogP contribution in [0.4, 0.5) is 0 Å². The summed E-state index contributed by atoms with van der Waals surface area (Å²) in [6.45, 7) is 2.39. The Bertz CT molecular complexity index is 1380. The number of ether oxygens (including phenoxy) is 1. The van der Waals surface area contributed by atoms with Gasteiger partial charge in [0.1, 0.15) is 6.04 Å².